The summed E-state index contributed by atoms with van der Waals surface area (Å²) < 4.78 is 12.8. The van der Waals surface area contributed by atoms with Crippen LogP contribution in [-0.2, 0) is 0 Å². The molecule has 0 radical (unpaired) electrons. The smallest absolute Gasteiger partial charge is 0.254 e. The van der Waals surface area contributed by atoms with Crippen LogP contribution in [0.3, 0.4) is 0 Å². The van der Waals surface area contributed by atoms with Crippen molar-refractivity contribution in [3.8, 4) is 0 Å². The molecule has 92 valence electrons. The fourth-order valence-electron chi connectivity index (χ4n) is 1.92. The second-order valence-corrected chi connectivity index (χ2v) is 4.59. The van der Waals surface area contributed by atoms with Crippen LogP contribution in [0.5, 0.6) is 0 Å². The van der Waals surface area contributed by atoms with Gasteiger partial charge in [-0.05, 0) is 43.5 Å². The van der Waals surface area contributed by atoms with Gasteiger partial charge in [0.2, 0.25) is 0 Å². The zero-order valence-corrected chi connectivity index (χ0v) is 10.2. The van der Waals surface area contributed by atoms with Gasteiger partial charge < -0.3 is 4.90 Å². The molecule has 0 aliphatic heterocycles. The average Bonchev–Trinajstić information content (AvgIpc) is 3.14. The predicted molar refractivity (Wildman–Crippen MR) is 65.4 cm³/mol. The molecule has 0 aromatic heterocycles. The maximum absolute atomic E-state index is 12.8. The van der Waals surface area contributed by atoms with Crippen molar-refractivity contribution in [2.45, 2.75) is 38.6 Å². The lowest BCUT2D eigenvalue weighted by atomic mass is 10.2. The van der Waals surface area contributed by atoms with Gasteiger partial charge in [0.05, 0.1) is 0 Å². The van der Waals surface area contributed by atoms with Gasteiger partial charge in [0.15, 0.2) is 0 Å². The van der Waals surface area contributed by atoms with E-state index in [0.717, 1.165) is 32.2 Å². The minimum atomic E-state index is -0.298. The molecule has 3 heteroatoms. The Kier molecular flexibility index (Phi) is 3.77. The Morgan fingerprint density at radius 3 is 2.53 bits per heavy atom. The van der Waals surface area contributed by atoms with Crippen molar-refractivity contribution in [3.63, 3.8) is 0 Å². The lowest BCUT2D eigenvalue weighted by molar-refractivity contribution is 0.0740. The van der Waals surface area contributed by atoms with Crippen LogP contribution in [0.4, 0.5) is 4.39 Å². The molecule has 2 nitrogen and oxygen atoms in total. The van der Waals surface area contributed by atoms with E-state index in [0.29, 0.717) is 11.6 Å². The zero-order valence-electron chi connectivity index (χ0n) is 10.2. The minimum absolute atomic E-state index is 0.0425. The Morgan fingerprint density at radius 2 is 2.00 bits per heavy atom. The van der Waals surface area contributed by atoms with Crippen molar-refractivity contribution in [1.29, 1.82) is 0 Å². The summed E-state index contributed by atoms with van der Waals surface area (Å²) in [6, 6.07) is 6.24. The van der Waals surface area contributed by atoms with Gasteiger partial charge in [0, 0.05) is 18.2 Å². The molecule has 0 saturated heterocycles. The Labute approximate surface area is 101 Å². The lowest BCUT2D eigenvalue weighted by Gasteiger charge is -2.22. The second-order valence-electron chi connectivity index (χ2n) is 4.59. The molecule has 0 atom stereocenters. The fraction of sp³-hybridized carbons (Fsp3) is 0.500. The van der Waals surface area contributed by atoms with Gasteiger partial charge in [0.1, 0.15) is 5.82 Å². The average molecular weight is 235 g/mol. The zero-order chi connectivity index (χ0) is 12.3. The van der Waals surface area contributed by atoms with Crippen LogP contribution in [0.1, 0.15) is 43.0 Å². The lowest BCUT2D eigenvalue weighted by Crippen LogP contribution is -2.33. The third-order valence-corrected chi connectivity index (χ3v) is 3.09. The van der Waals surface area contributed by atoms with Crippen molar-refractivity contribution in [2.75, 3.05) is 6.54 Å². The second kappa shape index (κ2) is 5.30. The van der Waals surface area contributed by atoms with Crippen LogP contribution in [0.2, 0.25) is 0 Å². The minimum Gasteiger partial charge on any atom is -0.336 e. The summed E-state index contributed by atoms with van der Waals surface area (Å²) in [5.41, 5.74) is 0.592. The summed E-state index contributed by atoms with van der Waals surface area (Å²) in [7, 11) is 0. The summed E-state index contributed by atoms with van der Waals surface area (Å²) in [5.74, 6) is -0.256. The van der Waals surface area contributed by atoms with Gasteiger partial charge in [0.25, 0.3) is 5.91 Å². The molecule has 1 aromatic carbocycles. The number of hydrogen-bond donors (Lipinski definition) is 0. The highest BCUT2D eigenvalue weighted by Gasteiger charge is 2.32. The molecule has 17 heavy (non-hydrogen) atoms. The standard InChI is InChI=1S/C14H18FNO/c1-2-3-10-16(13-8-9-13)14(17)11-4-6-12(15)7-5-11/h4-7,13H,2-3,8-10H2,1H3. The van der Waals surface area contributed by atoms with Gasteiger partial charge in [-0.3, -0.25) is 4.79 Å². The maximum atomic E-state index is 12.8. The van der Waals surface area contributed by atoms with E-state index >= 15 is 0 Å². The van der Waals surface area contributed by atoms with Crippen molar-refractivity contribution in [1.82, 2.24) is 4.90 Å². The first kappa shape index (κ1) is 12.1. The number of benzene rings is 1. The van der Waals surface area contributed by atoms with Crippen LogP contribution in [-0.4, -0.2) is 23.4 Å². The van der Waals surface area contributed by atoms with Crippen LogP contribution in [0, 0.1) is 5.82 Å². The first-order valence-electron chi connectivity index (χ1n) is 6.29. The normalized spacial score (nSPS) is 14.7. The molecule has 2 rings (SSSR count). The summed E-state index contributed by atoms with van der Waals surface area (Å²) in [5, 5.41) is 0. The third-order valence-electron chi connectivity index (χ3n) is 3.09. The Bertz CT molecular complexity index is 384. The number of nitrogens with zero attached hydrogens (tertiary/aromatic N) is 1. The third kappa shape index (κ3) is 3.05. The van der Waals surface area contributed by atoms with E-state index in [1.807, 2.05) is 4.90 Å². The van der Waals surface area contributed by atoms with Crippen molar-refractivity contribution < 1.29 is 9.18 Å². The maximum Gasteiger partial charge on any atom is 0.254 e. The van der Waals surface area contributed by atoms with Crippen LogP contribution < -0.4 is 0 Å². The monoisotopic (exact) mass is 235 g/mol. The van der Waals surface area contributed by atoms with Crippen LogP contribution >= 0.6 is 0 Å². The summed E-state index contributed by atoms with van der Waals surface area (Å²) in [6.45, 7) is 2.94. The number of halogens is 1. The molecule has 1 fully saturated rings. The van der Waals surface area contributed by atoms with Crippen molar-refractivity contribution in [2.24, 2.45) is 0 Å². The van der Waals surface area contributed by atoms with E-state index in [2.05, 4.69) is 6.92 Å². The van der Waals surface area contributed by atoms with E-state index in [1.165, 1.54) is 12.1 Å². The van der Waals surface area contributed by atoms with Gasteiger partial charge in [-0.15, -0.1) is 0 Å². The molecule has 0 heterocycles. The van der Waals surface area contributed by atoms with Gasteiger partial charge in [-0.1, -0.05) is 13.3 Å². The molecular formula is C14H18FNO. The number of unbranched alkanes of at least 4 members (excludes halogenated alkanes) is 1. The Balaban J connectivity index is 2.07. The number of carbonyl (C=O) groups excluding carboxylic acids is 1. The SMILES string of the molecule is CCCCN(C(=O)c1ccc(F)cc1)C1CC1. The molecule has 1 aromatic rings. The van der Waals surface area contributed by atoms with Gasteiger partial charge in [-0.25, -0.2) is 4.39 Å². The Morgan fingerprint density at radius 1 is 1.35 bits per heavy atom. The van der Waals surface area contributed by atoms with E-state index in [9.17, 15) is 9.18 Å². The summed E-state index contributed by atoms with van der Waals surface area (Å²) in [4.78, 5) is 14.2. The van der Waals surface area contributed by atoms with E-state index < -0.39 is 0 Å². The molecule has 1 saturated carbocycles. The Hall–Kier alpha value is -1.38. The molecule has 0 bridgehead atoms. The number of hydrogen-bond acceptors (Lipinski definition) is 1. The highest BCUT2D eigenvalue weighted by Crippen LogP contribution is 2.28. The number of carbonyl (C=O) groups is 1. The van der Waals surface area contributed by atoms with Crippen LogP contribution in [0.25, 0.3) is 0 Å². The summed E-state index contributed by atoms with van der Waals surface area (Å²) in [6.07, 6.45) is 4.33. The molecular weight excluding hydrogens is 217 g/mol. The molecule has 1 aliphatic rings. The van der Waals surface area contributed by atoms with Crippen molar-refractivity contribution >= 4 is 5.91 Å². The van der Waals surface area contributed by atoms with Gasteiger partial charge in [-0.2, -0.15) is 0 Å². The number of amides is 1. The van der Waals surface area contributed by atoms with Crippen molar-refractivity contribution in [3.05, 3.63) is 35.6 Å². The molecule has 1 amide bonds. The topological polar surface area (TPSA) is 20.3 Å². The van der Waals surface area contributed by atoms with Crippen LogP contribution in [0.15, 0.2) is 24.3 Å². The fourth-order valence-corrected chi connectivity index (χ4v) is 1.92. The molecule has 1 aliphatic carbocycles. The highest BCUT2D eigenvalue weighted by molar-refractivity contribution is 5.94. The quantitative estimate of drug-likeness (QED) is 0.767. The first-order valence-corrected chi connectivity index (χ1v) is 6.29. The number of rotatable bonds is 5. The molecule has 0 N–H and O–H groups in total. The first-order chi connectivity index (χ1) is 8.22. The van der Waals surface area contributed by atoms with E-state index in [-0.39, 0.29) is 11.7 Å². The summed E-state index contributed by atoms with van der Waals surface area (Å²) >= 11 is 0. The largest absolute Gasteiger partial charge is 0.336 e. The highest BCUT2D eigenvalue weighted by atomic mass is 19.1. The van der Waals surface area contributed by atoms with Gasteiger partial charge >= 0.3 is 0 Å². The predicted octanol–water partition coefficient (Wildman–Crippen LogP) is 3.23. The van der Waals surface area contributed by atoms with E-state index in [4.69, 9.17) is 0 Å². The van der Waals surface area contributed by atoms with E-state index in [1.54, 1.807) is 12.1 Å². The molecule has 0 unspecified atom stereocenters. The molecule has 0 spiro atoms.